The van der Waals surface area contributed by atoms with Gasteiger partial charge in [-0.3, -0.25) is 18.7 Å². The maximum absolute atomic E-state index is 12.6. The van der Waals surface area contributed by atoms with Crippen LogP contribution in [-0.2, 0) is 20.6 Å². The molecule has 2 aromatic heterocycles. The molecule has 0 unspecified atom stereocenters. The van der Waals surface area contributed by atoms with Crippen molar-refractivity contribution in [1.29, 1.82) is 0 Å². The van der Waals surface area contributed by atoms with E-state index in [1.165, 1.54) is 30.9 Å². The Bertz CT molecular complexity index is 1420. The number of aryl methyl sites for hydroxylation is 1. The predicted molar refractivity (Wildman–Crippen MR) is 114 cm³/mol. The van der Waals surface area contributed by atoms with Gasteiger partial charge in [-0.25, -0.2) is 9.78 Å². The van der Waals surface area contributed by atoms with Gasteiger partial charge >= 0.3 is 5.69 Å². The molecule has 152 valence electrons. The van der Waals surface area contributed by atoms with Gasteiger partial charge in [0.15, 0.2) is 0 Å². The van der Waals surface area contributed by atoms with E-state index >= 15 is 0 Å². The molecule has 4 aromatic rings. The number of hydrogen-bond acceptors (Lipinski definition) is 5. The number of pyridine rings is 1. The Hall–Kier alpha value is -3.94. The van der Waals surface area contributed by atoms with Crippen molar-refractivity contribution < 1.29 is 9.53 Å². The van der Waals surface area contributed by atoms with Crippen molar-refractivity contribution in [2.24, 2.45) is 14.1 Å². The molecule has 2 heterocycles. The van der Waals surface area contributed by atoms with E-state index in [2.05, 4.69) is 10.3 Å². The molecule has 1 N–H and O–H groups in total. The number of aromatic nitrogens is 3. The van der Waals surface area contributed by atoms with Crippen molar-refractivity contribution in [3.63, 3.8) is 0 Å². The van der Waals surface area contributed by atoms with Crippen molar-refractivity contribution in [2.45, 2.75) is 6.54 Å². The molecule has 0 aliphatic carbocycles. The van der Waals surface area contributed by atoms with Gasteiger partial charge in [-0.05, 0) is 40.6 Å². The SMILES string of the molecule is COc1ccc2cc(CNC(=O)c3cnc4c(c3)c(=O)n(C)c(=O)n4C)ccc2c1. The number of benzene rings is 2. The topological polar surface area (TPSA) is 95.2 Å². The molecule has 0 atom stereocenters. The lowest BCUT2D eigenvalue weighted by molar-refractivity contribution is 0.0950. The zero-order valence-electron chi connectivity index (χ0n) is 16.8. The molecule has 8 nitrogen and oxygen atoms in total. The van der Waals surface area contributed by atoms with Gasteiger partial charge in [0.05, 0.1) is 18.1 Å². The van der Waals surface area contributed by atoms with E-state index < -0.39 is 11.2 Å². The lowest BCUT2D eigenvalue weighted by Crippen LogP contribution is -2.37. The van der Waals surface area contributed by atoms with E-state index in [4.69, 9.17) is 4.74 Å². The fraction of sp³-hybridized carbons (Fsp3) is 0.182. The highest BCUT2D eigenvalue weighted by Gasteiger charge is 2.13. The summed E-state index contributed by atoms with van der Waals surface area (Å²) >= 11 is 0. The molecule has 2 aromatic carbocycles. The van der Waals surface area contributed by atoms with Gasteiger partial charge in [0.2, 0.25) is 0 Å². The first-order valence-corrected chi connectivity index (χ1v) is 9.29. The van der Waals surface area contributed by atoms with Crippen molar-refractivity contribution in [3.05, 3.63) is 80.6 Å². The molecule has 8 heteroatoms. The second-order valence-electron chi connectivity index (χ2n) is 7.03. The van der Waals surface area contributed by atoms with Gasteiger partial charge in [-0.1, -0.05) is 18.2 Å². The first-order chi connectivity index (χ1) is 14.4. The third-order valence-corrected chi connectivity index (χ3v) is 5.12. The molecule has 4 rings (SSSR count). The van der Waals surface area contributed by atoms with Gasteiger partial charge in [-0.2, -0.15) is 0 Å². The lowest BCUT2D eigenvalue weighted by atomic mass is 10.1. The van der Waals surface area contributed by atoms with E-state index in [1.54, 1.807) is 7.11 Å². The minimum Gasteiger partial charge on any atom is -0.497 e. The second-order valence-corrected chi connectivity index (χ2v) is 7.03. The molecular weight excluding hydrogens is 384 g/mol. The Morgan fingerprint density at radius 3 is 2.53 bits per heavy atom. The number of amides is 1. The van der Waals surface area contributed by atoms with Crippen molar-refractivity contribution in [2.75, 3.05) is 7.11 Å². The van der Waals surface area contributed by atoms with Crippen molar-refractivity contribution >= 4 is 27.7 Å². The minimum atomic E-state index is -0.486. The van der Waals surface area contributed by atoms with Crippen LogP contribution in [0.5, 0.6) is 5.75 Å². The third-order valence-electron chi connectivity index (χ3n) is 5.12. The fourth-order valence-electron chi connectivity index (χ4n) is 3.38. The zero-order valence-corrected chi connectivity index (χ0v) is 16.8. The normalized spacial score (nSPS) is 11.0. The van der Waals surface area contributed by atoms with Gasteiger partial charge in [0.25, 0.3) is 11.5 Å². The molecule has 0 spiro atoms. The fourth-order valence-corrected chi connectivity index (χ4v) is 3.38. The van der Waals surface area contributed by atoms with Crippen LogP contribution in [0.2, 0.25) is 0 Å². The van der Waals surface area contributed by atoms with E-state index in [1.807, 2.05) is 36.4 Å². The standard InChI is InChI=1S/C22H20N4O4/c1-25-19-18(21(28)26(2)22(25)29)10-16(12-23-19)20(27)24-11-13-4-5-15-9-17(30-3)7-6-14(15)8-13/h4-10,12H,11H2,1-3H3,(H,24,27). The van der Waals surface area contributed by atoms with E-state index in [0.29, 0.717) is 6.54 Å². The number of nitrogens with zero attached hydrogens (tertiary/aromatic N) is 3. The van der Waals surface area contributed by atoms with Gasteiger partial charge in [0, 0.05) is 26.8 Å². The molecule has 0 saturated heterocycles. The van der Waals surface area contributed by atoms with Crippen LogP contribution in [-0.4, -0.2) is 27.1 Å². The summed E-state index contributed by atoms with van der Waals surface area (Å²) in [5.74, 6) is 0.436. The van der Waals surface area contributed by atoms with E-state index in [9.17, 15) is 14.4 Å². The highest BCUT2D eigenvalue weighted by atomic mass is 16.5. The molecule has 0 aliphatic heterocycles. The van der Waals surface area contributed by atoms with Crippen LogP contribution < -0.4 is 21.3 Å². The van der Waals surface area contributed by atoms with Crippen LogP contribution in [0.15, 0.2) is 58.3 Å². The zero-order chi connectivity index (χ0) is 21.4. The maximum atomic E-state index is 12.6. The van der Waals surface area contributed by atoms with Crippen molar-refractivity contribution in [3.8, 4) is 5.75 Å². The number of carbonyl (C=O) groups excluding carboxylic acids is 1. The first kappa shape index (κ1) is 19.4. The summed E-state index contributed by atoms with van der Waals surface area (Å²) in [5, 5.41) is 5.15. The highest BCUT2D eigenvalue weighted by Crippen LogP contribution is 2.22. The van der Waals surface area contributed by atoms with Crippen molar-refractivity contribution in [1.82, 2.24) is 19.4 Å². The average molecular weight is 404 g/mol. The molecule has 0 aliphatic rings. The molecular formula is C22H20N4O4. The lowest BCUT2D eigenvalue weighted by Gasteiger charge is -2.09. The number of carbonyl (C=O) groups is 1. The van der Waals surface area contributed by atoms with E-state index in [-0.39, 0.29) is 22.5 Å². The highest BCUT2D eigenvalue weighted by molar-refractivity contribution is 5.96. The van der Waals surface area contributed by atoms with Crippen LogP contribution in [0.25, 0.3) is 21.8 Å². The number of hydrogen-bond donors (Lipinski definition) is 1. The molecule has 0 radical (unpaired) electrons. The maximum Gasteiger partial charge on any atom is 0.332 e. The van der Waals surface area contributed by atoms with Gasteiger partial charge < -0.3 is 10.1 Å². The predicted octanol–water partition coefficient (Wildman–Crippen LogP) is 1.72. The third kappa shape index (κ3) is 3.32. The molecule has 0 fully saturated rings. The average Bonchev–Trinajstić information content (AvgIpc) is 2.78. The minimum absolute atomic E-state index is 0.215. The number of fused-ring (bicyclic) bond motifs is 2. The molecule has 30 heavy (non-hydrogen) atoms. The van der Waals surface area contributed by atoms with Crippen LogP contribution in [0, 0.1) is 0 Å². The molecule has 0 saturated carbocycles. The van der Waals surface area contributed by atoms with Crippen LogP contribution in [0.3, 0.4) is 0 Å². The largest absolute Gasteiger partial charge is 0.497 e. The smallest absolute Gasteiger partial charge is 0.332 e. The summed E-state index contributed by atoms with van der Waals surface area (Å²) in [7, 11) is 4.56. The van der Waals surface area contributed by atoms with Crippen LogP contribution in [0.4, 0.5) is 0 Å². The number of methoxy groups -OCH3 is 1. The van der Waals surface area contributed by atoms with Gasteiger partial charge in [-0.15, -0.1) is 0 Å². The molecule has 1 amide bonds. The summed E-state index contributed by atoms with van der Waals surface area (Å²) in [6.07, 6.45) is 1.36. The van der Waals surface area contributed by atoms with Gasteiger partial charge in [0.1, 0.15) is 11.4 Å². The Balaban J connectivity index is 1.58. The Morgan fingerprint density at radius 1 is 1.03 bits per heavy atom. The number of rotatable bonds is 4. The Labute approximate surface area is 171 Å². The number of nitrogens with one attached hydrogen (secondary N) is 1. The van der Waals surface area contributed by atoms with Crippen LogP contribution >= 0.6 is 0 Å². The molecule has 0 bridgehead atoms. The van der Waals surface area contributed by atoms with E-state index in [0.717, 1.165) is 26.7 Å². The Kier molecular flexibility index (Phi) is 4.83. The Morgan fingerprint density at radius 2 is 1.77 bits per heavy atom. The summed E-state index contributed by atoms with van der Waals surface area (Å²) < 4.78 is 7.51. The second kappa shape index (κ2) is 7.47. The summed E-state index contributed by atoms with van der Waals surface area (Å²) in [6, 6.07) is 13.2. The summed E-state index contributed by atoms with van der Waals surface area (Å²) in [5.41, 5.74) is 0.479. The van der Waals surface area contributed by atoms with Crippen LogP contribution in [0.1, 0.15) is 15.9 Å². The summed E-state index contributed by atoms with van der Waals surface area (Å²) in [6.45, 7) is 0.324. The monoisotopic (exact) mass is 404 g/mol. The summed E-state index contributed by atoms with van der Waals surface area (Å²) in [4.78, 5) is 41.2. The quantitative estimate of drug-likeness (QED) is 0.559. The first-order valence-electron chi connectivity index (χ1n) is 9.29. The number of ether oxygens (including phenoxy) is 1.